The van der Waals surface area contributed by atoms with Crippen LogP contribution < -0.4 is 0 Å². The molecule has 108 valence electrons. The van der Waals surface area contributed by atoms with Gasteiger partial charge in [0.25, 0.3) is 0 Å². The highest BCUT2D eigenvalue weighted by Crippen LogP contribution is 2.07. The third-order valence-corrected chi connectivity index (χ3v) is 3.22. The van der Waals surface area contributed by atoms with Crippen LogP contribution in [0.5, 0.6) is 0 Å². The van der Waals surface area contributed by atoms with Crippen molar-refractivity contribution >= 4 is 0 Å². The minimum absolute atomic E-state index is 0.237. The van der Waals surface area contributed by atoms with Crippen molar-refractivity contribution in [1.82, 2.24) is 19.6 Å². The van der Waals surface area contributed by atoms with Crippen molar-refractivity contribution in [3.05, 3.63) is 18.5 Å². The molecule has 0 aliphatic carbocycles. The minimum atomic E-state index is -0.391. The number of nitrogens with zero attached hydrogens (tertiary/aromatic N) is 4. The number of hydrogen-bond donors (Lipinski definition) is 1. The molecule has 19 heavy (non-hydrogen) atoms. The van der Waals surface area contributed by atoms with E-state index in [1.807, 2.05) is 12.3 Å². The van der Waals surface area contributed by atoms with Crippen LogP contribution in [0.25, 0.3) is 0 Å². The van der Waals surface area contributed by atoms with E-state index < -0.39 is 6.10 Å². The smallest absolute Gasteiger partial charge is 0.0862 e. The highest BCUT2D eigenvalue weighted by atomic mass is 16.5. The standard InChI is InChI=1S/C13H24N4O2/c1-15(2)10-13-11-16(6-7-19-13)8-12(18)9-17-5-3-4-14-17/h3-5,12-13,18H,6-11H2,1-2H3/t12-,13+/m0/s1. The summed E-state index contributed by atoms with van der Waals surface area (Å²) in [4.78, 5) is 4.40. The lowest BCUT2D eigenvalue weighted by Gasteiger charge is -2.35. The van der Waals surface area contributed by atoms with Crippen molar-refractivity contribution < 1.29 is 9.84 Å². The molecule has 1 aromatic rings. The lowest BCUT2D eigenvalue weighted by atomic mass is 10.2. The third kappa shape index (κ3) is 4.91. The Bertz CT molecular complexity index is 356. The Morgan fingerprint density at radius 3 is 3.00 bits per heavy atom. The predicted octanol–water partition coefficient (Wildman–Crippen LogP) is -0.494. The highest BCUT2D eigenvalue weighted by molar-refractivity contribution is 4.80. The number of aromatic nitrogens is 2. The van der Waals surface area contributed by atoms with Gasteiger partial charge in [0.1, 0.15) is 0 Å². The summed E-state index contributed by atoms with van der Waals surface area (Å²) in [5, 5.41) is 14.2. The van der Waals surface area contributed by atoms with E-state index in [1.165, 1.54) is 0 Å². The van der Waals surface area contributed by atoms with Gasteiger partial charge in [0.2, 0.25) is 0 Å². The van der Waals surface area contributed by atoms with Crippen LogP contribution in [0.3, 0.4) is 0 Å². The van der Waals surface area contributed by atoms with Crippen molar-refractivity contribution in [2.75, 3.05) is 46.9 Å². The molecule has 6 nitrogen and oxygen atoms in total. The summed E-state index contributed by atoms with van der Waals surface area (Å²) in [5.74, 6) is 0. The Kier molecular flexibility index (Phi) is 5.33. The number of aliphatic hydroxyl groups excluding tert-OH is 1. The van der Waals surface area contributed by atoms with E-state index in [0.29, 0.717) is 13.1 Å². The molecular weight excluding hydrogens is 244 g/mol. The third-order valence-electron chi connectivity index (χ3n) is 3.22. The zero-order valence-corrected chi connectivity index (χ0v) is 11.8. The number of ether oxygens (including phenoxy) is 1. The van der Waals surface area contributed by atoms with Crippen LogP contribution in [0.1, 0.15) is 0 Å². The zero-order valence-electron chi connectivity index (χ0n) is 11.8. The molecule has 2 heterocycles. The van der Waals surface area contributed by atoms with Crippen molar-refractivity contribution in [3.63, 3.8) is 0 Å². The Hall–Kier alpha value is -0.950. The highest BCUT2D eigenvalue weighted by Gasteiger charge is 2.22. The fourth-order valence-electron chi connectivity index (χ4n) is 2.44. The molecule has 0 unspecified atom stereocenters. The van der Waals surface area contributed by atoms with Crippen LogP contribution in [0.15, 0.2) is 18.5 Å². The molecule has 2 atom stereocenters. The molecular formula is C13H24N4O2. The molecule has 1 fully saturated rings. The second-order valence-corrected chi connectivity index (χ2v) is 5.40. The Morgan fingerprint density at radius 2 is 2.32 bits per heavy atom. The van der Waals surface area contributed by atoms with Gasteiger partial charge < -0.3 is 14.7 Å². The van der Waals surface area contributed by atoms with Crippen LogP contribution in [-0.2, 0) is 11.3 Å². The lowest BCUT2D eigenvalue weighted by Crippen LogP contribution is -2.49. The summed E-state index contributed by atoms with van der Waals surface area (Å²) >= 11 is 0. The van der Waals surface area contributed by atoms with Gasteiger partial charge >= 0.3 is 0 Å². The average molecular weight is 268 g/mol. The molecule has 6 heteroatoms. The van der Waals surface area contributed by atoms with Crippen molar-refractivity contribution in [2.24, 2.45) is 0 Å². The van der Waals surface area contributed by atoms with Crippen LogP contribution >= 0.6 is 0 Å². The summed E-state index contributed by atoms with van der Waals surface area (Å²) in [7, 11) is 4.10. The molecule has 0 saturated carbocycles. The summed E-state index contributed by atoms with van der Waals surface area (Å²) in [6.45, 7) is 4.66. The molecule has 2 rings (SSSR count). The maximum atomic E-state index is 10.1. The SMILES string of the molecule is CN(C)C[C@@H]1CN(C[C@H](O)Cn2cccn2)CCO1. The summed E-state index contributed by atoms with van der Waals surface area (Å²) in [6.07, 6.45) is 3.45. The average Bonchev–Trinajstić information content (AvgIpc) is 2.81. The number of morpholine rings is 1. The van der Waals surface area contributed by atoms with Gasteiger partial charge in [0.05, 0.1) is 25.4 Å². The molecule has 1 aliphatic rings. The van der Waals surface area contributed by atoms with E-state index in [4.69, 9.17) is 4.74 Å². The monoisotopic (exact) mass is 268 g/mol. The maximum absolute atomic E-state index is 10.1. The number of β-amino-alcohol motifs (C(OH)–C–C–N with tert-alkyl or cyclic N) is 1. The molecule has 1 aliphatic heterocycles. The van der Waals surface area contributed by atoms with E-state index in [-0.39, 0.29) is 6.10 Å². The van der Waals surface area contributed by atoms with Gasteiger partial charge in [-0.25, -0.2) is 0 Å². The largest absolute Gasteiger partial charge is 0.390 e. The second-order valence-electron chi connectivity index (χ2n) is 5.40. The quantitative estimate of drug-likeness (QED) is 0.754. The van der Waals surface area contributed by atoms with Crippen LogP contribution in [-0.4, -0.2) is 83.8 Å². The van der Waals surface area contributed by atoms with Gasteiger partial charge in [0.15, 0.2) is 0 Å². The minimum Gasteiger partial charge on any atom is -0.390 e. The first-order valence-corrected chi connectivity index (χ1v) is 6.77. The van der Waals surface area contributed by atoms with Crippen molar-refractivity contribution in [3.8, 4) is 0 Å². The number of rotatable bonds is 6. The lowest BCUT2D eigenvalue weighted by molar-refractivity contribution is -0.0500. The van der Waals surface area contributed by atoms with Gasteiger partial charge in [0, 0.05) is 38.6 Å². The number of hydrogen-bond acceptors (Lipinski definition) is 5. The first-order chi connectivity index (χ1) is 9.13. The normalized spacial score (nSPS) is 22.8. The van der Waals surface area contributed by atoms with Gasteiger partial charge in [-0.3, -0.25) is 9.58 Å². The molecule has 0 spiro atoms. The van der Waals surface area contributed by atoms with Crippen molar-refractivity contribution in [1.29, 1.82) is 0 Å². The van der Waals surface area contributed by atoms with Gasteiger partial charge in [-0.05, 0) is 20.2 Å². The van der Waals surface area contributed by atoms with E-state index in [1.54, 1.807) is 10.9 Å². The molecule has 1 saturated heterocycles. The first-order valence-electron chi connectivity index (χ1n) is 6.77. The van der Waals surface area contributed by atoms with Crippen molar-refractivity contribution in [2.45, 2.75) is 18.8 Å². The van der Waals surface area contributed by atoms with E-state index in [2.05, 4.69) is 29.0 Å². The van der Waals surface area contributed by atoms with Crippen LogP contribution in [0.2, 0.25) is 0 Å². The van der Waals surface area contributed by atoms with Gasteiger partial charge in [-0.1, -0.05) is 0 Å². The molecule has 1 N–H and O–H groups in total. The van der Waals surface area contributed by atoms with E-state index >= 15 is 0 Å². The summed E-state index contributed by atoms with van der Waals surface area (Å²) in [5.41, 5.74) is 0. The zero-order chi connectivity index (χ0) is 13.7. The van der Waals surface area contributed by atoms with E-state index in [0.717, 1.165) is 26.2 Å². The fraction of sp³-hybridized carbons (Fsp3) is 0.769. The first kappa shape index (κ1) is 14.5. The van der Waals surface area contributed by atoms with Gasteiger partial charge in [-0.2, -0.15) is 5.10 Å². The Morgan fingerprint density at radius 1 is 1.47 bits per heavy atom. The Labute approximate surface area is 114 Å². The number of likely N-dealkylation sites (N-methyl/N-ethyl adjacent to an activating group) is 1. The summed E-state index contributed by atoms with van der Waals surface area (Å²) in [6, 6.07) is 1.87. The Balaban J connectivity index is 1.75. The van der Waals surface area contributed by atoms with Crippen LogP contribution in [0.4, 0.5) is 0 Å². The number of aliphatic hydroxyl groups is 1. The van der Waals surface area contributed by atoms with Crippen LogP contribution in [0, 0.1) is 0 Å². The topological polar surface area (TPSA) is 53.8 Å². The molecule has 0 aromatic carbocycles. The molecule has 0 amide bonds. The summed E-state index contributed by atoms with van der Waals surface area (Å²) < 4.78 is 7.49. The fourth-order valence-corrected chi connectivity index (χ4v) is 2.44. The predicted molar refractivity (Wildman–Crippen MR) is 73.0 cm³/mol. The molecule has 0 bridgehead atoms. The molecule has 1 aromatic heterocycles. The maximum Gasteiger partial charge on any atom is 0.0862 e. The van der Waals surface area contributed by atoms with E-state index in [9.17, 15) is 5.11 Å². The van der Waals surface area contributed by atoms with Gasteiger partial charge in [-0.15, -0.1) is 0 Å². The molecule has 0 radical (unpaired) electrons. The second kappa shape index (κ2) is 7.00.